The highest BCUT2D eigenvalue weighted by Gasteiger charge is 2.35. The second-order valence-electron chi connectivity index (χ2n) is 4.89. The molecule has 0 aliphatic heterocycles. The van der Waals surface area contributed by atoms with Gasteiger partial charge in [-0.25, -0.2) is 0 Å². The molecule has 1 aliphatic carbocycles. The number of hydrogen-bond donors (Lipinski definition) is 1. The molecule has 1 aliphatic rings. The van der Waals surface area contributed by atoms with Crippen LogP contribution in [0.2, 0.25) is 0 Å². The summed E-state index contributed by atoms with van der Waals surface area (Å²) in [4.78, 5) is 4.42. The van der Waals surface area contributed by atoms with E-state index in [2.05, 4.69) is 15.2 Å². The molecule has 0 radical (unpaired) electrons. The van der Waals surface area contributed by atoms with Crippen molar-refractivity contribution >= 4 is 0 Å². The number of aryl methyl sites for hydroxylation is 2. The maximum atomic E-state index is 6.28. The van der Waals surface area contributed by atoms with E-state index in [9.17, 15) is 0 Å². The summed E-state index contributed by atoms with van der Waals surface area (Å²) in [5.74, 6) is 1.30. The fourth-order valence-corrected chi connectivity index (χ4v) is 2.43. The Morgan fingerprint density at radius 1 is 1.39 bits per heavy atom. The standard InChI is InChI=1S/C12H17N5O/c13-12(5-1-2-6-12)11-15-10(18-16-11)4-9-17-8-3-7-14-17/h3,7-8H,1-2,4-6,9,13H2. The van der Waals surface area contributed by atoms with Crippen molar-refractivity contribution in [2.45, 2.75) is 44.2 Å². The van der Waals surface area contributed by atoms with Crippen LogP contribution >= 0.6 is 0 Å². The van der Waals surface area contributed by atoms with E-state index in [1.807, 2.05) is 16.9 Å². The molecule has 1 saturated carbocycles. The van der Waals surface area contributed by atoms with Crippen molar-refractivity contribution < 1.29 is 4.52 Å². The summed E-state index contributed by atoms with van der Waals surface area (Å²) in [6, 6.07) is 1.90. The molecule has 0 amide bonds. The zero-order valence-electron chi connectivity index (χ0n) is 10.2. The molecule has 2 heterocycles. The number of hydrogen-bond acceptors (Lipinski definition) is 5. The Morgan fingerprint density at radius 3 is 2.94 bits per heavy atom. The van der Waals surface area contributed by atoms with Gasteiger partial charge in [0.2, 0.25) is 5.89 Å². The predicted molar refractivity (Wildman–Crippen MR) is 64.6 cm³/mol. The molecule has 2 aromatic rings. The summed E-state index contributed by atoms with van der Waals surface area (Å²) >= 11 is 0. The third-order valence-corrected chi connectivity index (χ3v) is 3.52. The van der Waals surface area contributed by atoms with Crippen LogP contribution in [0.4, 0.5) is 0 Å². The van der Waals surface area contributed by atoms with Crippen LogP contribution < -0.4 is 5.73 Å². The highest BCUT2D eigenvalue weighted by Crippen LogP contribution is 2.34. The summed E-state index contributed by atoms with van der Waals surface area (Å²) in [5.41, 5.74) is 5.91. The Morgan fingerprint density at radius 2 is 2.22 bits per heavy atom. The average Bonchev–Trinajstić information content (AvgIpc) is 3.08. The van der Waals surface area contributed by atoms with Crippen molar-refractivity contribution in [3.05, 3.63) is 30.2 Å². The van der Waals surface area contributed by atoms with Gasteiger partial charge in [-0.15, -0.1) is 0 Å². The van der Waals surface area contributed by atoms with Crippen molar-refractivity contribution in [2.75, 3.05) is 0 Å². The SMILES string of the molecule is NC1(c2noc(CCn3cccn3)n2)CCCC1. The van der Waals surface area contributed by atoms with E-state index in [1.54, 1.807) is 6.20 Å². The first-order chi connectivity index (χ1) is 8.76. The summed E-state index contributed by atoms with van der Waals surface area (Å²) < 4.78 is 7.10. The van der Waals surface area contributed by atoms with Gasteiger partial charge < -0.3 is 10.3 Å². The molecule has 2 N–H and O–H groups in total. The first-order valence-corrected chi connectivity index (χ1v) is 6.36. The van der Waals surface area contributed by atoms with Crippen LogP contribution in [0.3, 0.4) is 0 Å². The van der Waals surface area contributed by atoms with E-state index in [4.69, 9.17) is 10.3 Å². The lowest BCUT2D eigenvalue weighted by atomic mass is 9.99. The van der Waals surface area contributed by atoms with Gasteiger partial charge >= 0.3 is 0 Å². The maximum Gasteiger partial charge on any atom is 0.228 e. The lowest BCUT2D eigenvalue weighted by Gasteiger charge is -2.17. The third-order valence-electron chi connectivity index (χ3n) is 3.52. The van der Waals surface area contributed by atoms with Crippen molar-refractivity contribution in [3.8, 4) is 0 Å². The molecule has 1 fully saturated rings. The largest absolute Gasteiger partial charge is 0.339 e. The minimum absolute atomic E-state index is 0.368. The lowest BCUT2D eigenvalue weighted by Crippen LogP contribution is -2.34. The highest BCUT2D eigenvalue weighted by molar-refractivity contribution is 5.06. The topological polar surface area (TPSA) is 82.8 Å². The molecule has 6 nitrogen and oxygen atoms in total. The molecule has 0 aromatic carbocycles. The number of rotatable bonds is 4. The number of nitrogens with two attached hydrogens (primary N) is 1. The van der Waals surface area contributed by atoms with Crippen LogP contribution in [0, 0.1) is 0 Å². The molecule has 0 bridgehead atoms. The summed E-state index contributed by atoms with van der Waals surface area (Å²) in [6.45, 7) is 0.742. The minimum Gasteiger partial charge on any atom is -0.339 e. The second-order valence-corrected chi connectivity index (χ2v) is 4.89. The summed E-state index contributed by atoms with van der Waals surface area (Å²) in [6.07, 6.45) is 8.55. The zero-order chi connectivity index (χ0) is 12.4. The molecule has 6 heteroatoms. The fourth-order valence-electron chi connectivity index (χ4n) is 2.43. The molecule has 18 heavy (non-hydrogen) atoms. The van der Waals surface area contributed by atoms with Crippen LogP contribution in [0.15, 0.2) is 23.0 Å². The van der Waals surface area contributed by atoms with E-state index >= 15 is 0 Å². The molecule has 0 spiro atoms. The van der Waals surface area contributed by atoms with Gasteiger partial charge in [0, 0.05) is 25.4 Å². The number of nitrogens with zero attached hydrogens (tertiary/aromatic N) is 4. The van der Waals surface area contributed by atoms with Crippen LogP contribution in [-0.2, 0) is 18.5 Å². The van der Waals surface area contributed by atoms with Gasteiger partial charge in [-0.05, 0) is 18.9 Å². The molecular formula is C12H17N5O. The van der Waals surface area contributed by atoms with Crippen LogP contribution in [0.5, 0.6) is 0 Å². The quantitative estimate of drug-likeness (QED) is 0.878. The lowest BCUT2D eigenvalue weighted by molar-refractivity contribution is 0.343. The number of aromatic nitrogens is 4. The van der Waals surface area contributed by atoms with Crippen molar-refractivity contribution in [1.29, 1.82) is 0 Å². The Kier molecular flexibility index (Phi) is 2.87. The van der Waals surface area contributed by atoms with Gasteiger partial charge in [-0.1, -0.05) is 18.0 Å². The normalized spacial score (nSPS) is 18.3. The van der Waals surface area contributed by atoms with Crippen LogP contribution in [-0.4, -0.2) is 19.9 Å². The molecule has 0 unspecified atom stereocenters. The Labute approximate surface area is 105 Å². The van der Waals surface area contributed by atoms with Gasteiger partial charge in [-0.2, -0.15) is 10.1 Å². The first-order valence-electron chi connectivity index (χ1n) is 6.36. The van der Waals surface area contributed by atoms with Crippen molar-refractivity contribution in [1.82, 2.24) is 19.9 Å². The highest BCUT2D eigenvalue weighted by atomic mass is 16.5. The zero-order valence-corrected chi connectivity index (χ0v) is 10.2. The molecule has 0 saturated heterocycles. The van der Waals surface area contributed by atoms with E-state index in [0.717, 1.165) is 32.2 Å². The Balaban J connectivity index is 1.66. The third kappa shape index (κ3) is 2.15. The van der Waals surface area contributed by atoms with E-state index in [-0.39, 0.29) is 5.54 Å². The van der Waals surface area contributed by atoms with E-state index < -0.39 is 0 Å². The molecule has 2 aromatic heterocycles. The molecule has 3 rings (SSSR count). The first kappa shape index (κ1) is 11.4. The predicted octanol–water partition coefficient (Wildman–Crippen LogP) is 1.24. The summed E-state index contributed by atoms with van der Waals surface area (Å²) in [5, 5.41) is 8.16. The van der Waals surface area contributed by atoms with Crippen molar-refractivity contribution in [2.24, 2.45) is 5.73 Å². The van der Waals surface area contributed by atoms with Crippen LogP contribution in [0.25, 0.3) is 0 Å². The average molecular weight is 247 g/mol. The Bertz CT molecular complexity index is 498. The molecule has 96 valence electrons. The molecule has 0 atom stereocenters. The van der Waals surface area contributed by atoms with Gasteiger partial charge in [0.15, 0.2) is 5.82 Å². The van der Waals surface area contributed by atoms with Crippen molar-refractivity contribution in [3.63, 3.8) is 0 Å². The monoisotopic (exact) mass is 247 g/mol. The van der Waals surface area contributed by atoms with Gasteiger partial charge in [0.05, 0.1) is 5.54 Å². The fraction of sp³-hybridized carbons (Fsp3) is 0.583. The Hall–Kier alpha value is -1.69. The van der Waals surface area contributed by atoms with Gasteiger partial charge in [0.1, 0.15) is 0 Å². The second kappa shape index (κ2) is 4.53. The minimum atomic E-state index is -0.368. The van der Waals surface area contributed by atoms with E-state index in [1.165, 1.54) is 0 Å². The summed E-state index contributed by atoms with van der Waals surface area (Å²) in [7, 11) is 0. The van der Waals surface area contributed by atoms with Gasteiger partial charge in [-0.3, -0.25) is 4.68 Å². The smallest absolute Gasteiger partial charge is 0.228 e. The van der Waals surface area contributed by atoms with E-state index in [0.29, 0.717) is 18.1 Å². The van der Waals surface area contributed by atoms with Crippen LogP contribution in [0.1, 0.15) is 37.4 Å². The molecular weight excluding hydrogens is 230 g/mol. The van der Waals surface area contributed by atoms with Gasteiger partial charge in [0.25, 0.3) is 0 Å². The maximum absolute atomic E-state index is 6.28.